The molecule has 47 heavy (non-hydrogen) atoms. The van der Waals surface area contributed by atoms with Crippen LogP contribution in [0.15, 0.2) is 176 Å². The van der Waals surface area contributed by atoms with Crippen LogP contribution in [-0.2, 0) is 0 Å². The number of aryl methyl sites for hydroxylation is 1. The van der Waals surface area contributed by atoms with Crippen LogP contribution < -0.4 is 0 Å². The predicted molar refractivity (Wildman–Crippen MR) is 203 cm³/mol. The average Bonchev–Trinajstić information content (AvgIpc) is 3.13. The first kappa shape index (κ1) is 27.3. The normalized spacial score (nSPS) is 11.5. The monoisotopic (exact) mass is 596 g/mol. The van der Waals surface area contributed by atoms with Crippen LogP contribution in [0.4, 0.5) is 0 Å². The van der Waals surface area contributed by atoms with Gasteiger partial charge >= 0.3 is 0 Å². The van der Waals surface area contributed by atoms with Gasteiger partial charge in [0.15, 0.2) is 0 Å². The van der Waals surface area contributed by atoms with E-state index in [0.717, 1.165) is 0 Å². The van der Waals surface area contributed by atoms with Gasteiger partial charge in [-0.2, -0.15) is 0 Å². The Morgan fingerprint density at radius 3 is 1.43 bits per heavy atom. The van der Waals surface area contributed by atoms with Crippen LogP contribution in [-0.4, -0.2) is 0 Å². The van der Waals surface area contributed by atoms with E-state index in [9.17, 15) is 0 Å². The molecule has 0 atom stereocenters. The highest BCUT2D eigenvalue weighted by Crippen LogP contribution is 2.45. The summed E-state index contributed by atoms with van der Waals surface area (Å²) in [7, 11) is 0. The molecule has 0 aliphatic rings. The van der Waals surface area contributed by atoms with Gasteiger partial charge in [0.2, 0.25) is 0 Å². The predicted octanol–water partition coefficient (Wildman–Crippen LogP) is 13.3. The molecule has 0 aromatic heterocycles. The van der Waals surface area contributed by atoms with Crippen LogP contribution in [0.25, 0.3) is 87.6 Å². The fourth-order valence-electron chi connectivity index (χ4n) is 7.54. The van der Waals surface area contributed by atoms with Gasteiger partial charge in [0, 0.05) is 0 Å². The molecule has 9 aromatic carbocycles. The Kier molecular flexibility index (Phi) is 6.47. The molecule has 0 aliphatic heterocycles. The second-order valence-corrected chi connectivity index (χ2v) is 12.5. The van der Waals surface area contributed by atoms with E-state index in [1.807, 2.05) is 0 Å². The van der Waals surface area contributed by atoms with E-state index in [1.54, 1.807) is 0 Å². The van der Waals surface area contributed by atoms with Gasteiger partial charge < -0.3 is 0 Å². The van der Waals surface area contributed by atoms with E-state index in [0.29, 0.717) is 0 Å². The first-order valence-corrected chi connectivity index (χ1v) is 16.4. The summed E-state index contributed by atoms with van der Waals surface area (Å²) in [5.41, 5.74) is 11.4. The maximum Gasteiger partial charge on any atom is -0.00263 e. The first-order valence-electron chi connectivity index (χ1n) is 16.4. The number of fused-ring (bicyclic) bond motifs is 4. The zero-order chi connectivity index (χ0) is 31.3. The van der Waals surface area contributed by atoms with Gasteiger partial charge in [-0.25, -0.2) is 0 Å². The van der Waals surface area contributed by atoms with E-state index in [4.69, 9.17) is 0 Å². The molecule has 0 saturated heterocycles. The highest BCUT2D eigenvalue weighted by atomic mass is 14.2. The second-order valence-electron chi connectivity index (χ2n) is 12.5. The third-order valence-corrected chi connectivity index (χ3v) is 9.78. The largest absolute Gasteiger partial charge is 0.0616 e. The van der Waals surface area contributed by atoms with Crippen LogP contribution in [0.3, 0.4) is 0 Å². The fourth-order valence-corrected chi connectivity index (χ4v) is 7.54. The van der Waals surface area contributed by atoms with Crippen LogP contribution in [0.5, 0.6) is 0 Å². The Bertz CT molecular complexity index is 2560. The lowest BCUT2D eigenvalue weighted by atomic mass is 9.84. The van der Waals surface area contributed by atoms with Crippen molar-refractivity contribution in [2.75, 3.05) is 0 Å². The third-order valence-electron chi connectivity index (χ3n) is 9.78. The molecule has 0 heteroatoms. The van der Waals surface area contributed by atoms with Crippen LogP contribution >= 0.6 is 0 Å². The molecule has 9 rings (SSSR count). The lowest BCUT2D eigenvalue weighted by Crippen LogP contribution is -1.92. The maximum absolute atomic E-state index is 2.37. The van der Waals surface area contributed by atoms with Crippen molar-refractivity contribution in [2.45, 2.75) is 6.92 Å². The smallest absolute Gasteiger partial charge is 0.00263 e. The standard InChI is InChI=1S/C47H32/c1-31-29-38(27-28-39(31)37-26-21-32-11-2-3-13-36(32)30-37)47-44-18-8-6-16-42(44)46(43-17-7-9-19-45(43)47)35-24-22-34(23-25-35)41-20-10-14-33-12-4-5-15-40(33)41/h2-30H,1H3. The Hall–Kier alpha value is -5.98. The summed E-state index contributed by atoms with van der Waals surface area (Å²) in [4.78, 5) is 0. The van der Waals surface area contributed by atoms with Gasteiger partial charge in [-0.05, 0) is 106 Å². The minimum absolute atomic E-state index is 1.23. The van der Waals surface area contributed by atoms with Gasteiger partial charge in [-0.1, -0.05) is 170 Å². The summed E-state index contributed by atoms with van der Waals surface area (Å²) in [6.45, 7) is 2.24. The van der Waals surface area contributed by atoms with Gasteiger partial charge in [-0.3, -0.25) is 0 Å². The lowest BCUT2D eigenvalue weighted by Gasteiger charge is -2.19. The summed E-state index contributed by atoms with van der Waals surface area (Å²) >= 11 is 0. The second kappa shape index (κ2) is 11.1. The maximum atomic E-state index is 2.37. The third kappa shape index (κ3) is 4.61. The van der Waals surface area contributed by atoms with Crippen molar-refractivity contribution >= 4 is 43.1 Å². The molecule has 0 fully saturated rings. The van der Waals surface area contributed by atoms with Crippen molar-refractivity contribution in [1.29, 1.82) is 0 Å². The molecule has 0 radical (unpaired) electrons. The number of rotatable bonds is 4. The summed E-state index contributed by atoms with van der Waals surface area (Å²) < 4.78 is 0. The Balaban J connectivity index is 1.20. The molecular weight excluding hydrogens is 565 g/mol. The van der Waals surface area contributed by atoms with E-state index in [2.05, 4.69) is 183 Å². The zero-order valence-corrected chi connectivity index (χ0v) is 26.2. The zero-order valence-electron chi connectivity index (χ0n) is 26.2. The van der Waals surface area contributed by atoms with Crippen LogP contribution in [0.1, 0.15) is 5.56 Å². The number of hydrogen-bond donors (Lipinski definition) is 0. The molecule has 0 heterocycles. The highest BCUT2D eigenvalue weighted by Gasteiger charge is 2.17. The number of hydrogen-bond acceptors (Lipinski definition) is 0. The molecule has 0 unspecified atom stereocenters. The van der Waals surface area contributed by atoms with Crippen molar-refractivity contribution in [3.63, 3.8) is 0 Å². The summed E-state index contributed by atoms with van der Waals surface area (Å²) in [5.74, 6) is 0. The molecule has 0 spiro atoms. The topological polar surface area (TPSA) is 0 Å². The summed E-state index contributed by atoms with van der Waals surface area (Å²) in [5, 5.41) is 10.2. The average molecular weight is 597 g/mol. The summed E-state index contributed by atoms with van der Waals surface area (Å²) in [6, 6.07) is 64.5. The Morgan fingerprint density at radius 2 is 0.766 bits per heavy atom. The quantitative estimate of drug-likeness (QED) is 0.177. The molecular formula is C47H32. The lowest BCUT2D eigenvalue weighted by molar-refractivity contribution is 1.46. The highest BCUT2D eigenvalue weighted by molar-refractivity contribution is 6.21. The molecule has 0 saturated carbocycles. The molecule has 0 N–H and O–H groups in total. The molecule has 220 valence electrons. The van der Waals surface area contributed by atoms with Crippen LogP contribution in [0.2, 0.25) is 0 Å². The summed E-state index contributed by atoms with van der Waals surface area (Å²) in [6.07, 6.45) is 0. The van der Waals surface area contributed by atoms with Crippen LogP contribution in [0, 0.1) is 6.92 Å². The van der Waals surface area contributed by atoms with E-state index in [1.165, 1.54) is 93.2 Å². The minimum Gasteiger partial charge on any atom is -0.0616 e. The van der Waals surface area contributed by atoms with Gasteiger partial charge in [0.25, 0.3) is 0 Å². The Labute approximate surface area is 275 Å². The van der Waals surface area contributed by atoms with Crippen molar-refractivity contribution in [3.05, 3.63) is 181 Å². The molecule has 0 amide bonds. The van der Waals surface area contributed by atoms with E-state index >= 15 is 0 Å². The van der Waals surface area contributed by atoms with Crippen molar-refractivity contribution in [1.82, 2.24) is 0 Å². The van der Waals surface area contributed by atoms with Gasteiger partial charge in [-0.15, -0.1) is 0 Å². The molecule has 0 bridgehead atoms. The molecule has 0 nitrogen and oxygen atoms in total. The molecule has 0 aliphatic carbocycles. The van der Waals surface area contributed by atoms with Crippen molar-refractivity contribution in [3.8, 4) is 44.5 Å². The SMILES string of the molecule is Cc1cc(-c2c3ccccc3c(-c3ccc(-c4cccc5ccccc45)cc3)c3ccccc23)ccc1-c1ccc2ccccc2c1. The van der Waals surface area contributed by atoms with Crippen molar-refractivity contribution < 1.29 is 0 Å². The van der Waals surface area contributed by atoms with E-state index in [-0.39, 0.29) is 0 Å². The van der Waals surface area contributed by atoms with Gasteiger partial charge in [0.05, 0.1) is 0 Å². The minimum atomic E-state index is 1.23. The van der Waals surface area contributed by atoms with Crippen molar-refractivity contribution in [2.24, 2.45) is 0 Å². The first-order chi connectivity index (χ1) is 23.2. The molecule has 9 aromatic rings. The number of benzene rings is 9. The fraction of sp³-hybridized carbons (Fsp3) is 0.0213. The van der Waals surface area contributed by atoms with E-state index < -0.39 is 0 Å². The van der Waals surface area contributed by atoms with Gasteiger partial charge in [0.1, 0.15) is 0 Å². The Morgan fingerprint density at radius 1 is 0.277 bits per heavy atom.